The van der Waals surface area contributed by atoms with E-state index in [1.807, 2.05) is 20.8 Å². The van der Waals surface area contributed by atoms with Crippen LogP contribution in [0.15, 0.2) is 0 Å². The van der Waals surface area contributed by atoms with Crippen LogP contribution in [0.3, 0.4) is 0 Å². The number of hydrogen-bond donors (Lipinski definition) is 2. The zero-order chi connectivity index (χ0) is 13.2. The molecule has 0 spiro atoms. The number of carbonyl (C=O) groups excluding carboxylic acids is 2. The average molecular weight is 240 g/mol. The number of nitrogens with one attached hydrogen (secondary N) is 2. The minimum absolute atomic E-state index is 0.00203. The van der Waals surface area contributed by atoms with Crippen LogP contribution in [0.2, 0.25) is 0 Å². The van der Waals surface area contributed by atoms with Gasteiger partial charge in [0.05, 0.1) is 11.8 Å². The topological polar surface area (TPSA) is 58.2 Å². The van der Waals surface area contributed by atoms with Gasteiger partial charge in [0, 0.05) is 12.1 Å². The molecule has 2 unspecified atom stereocenters. The Morgan fingerprint density at radius 1 is 1.18 bits per heavy atom. The lowest BCUT2D eigenvalue weighted by atomic mass is 10.1. The molecule has 17 heavy (non-hydrogen) atoms. The van der Waals surface area contributed by atoms with Crippen LogP contribution in [0.1, 0.15) is 41.0 Å². The second-order valence-corrected chi connectivity index (χ2v) is 6.33. The Bertz CT molecular complexity index is 305. The Morgan fingerprint density at radius 3 is 2.18 bits per heavy atom. The van der Waals surface area contributed by atoms with Crippen LogP contribution in [0.5, 0.6) is 0 Å². The highest BCUT2D eigenvalue weighted by atomic mass is 16.2. The highest BCUT2D eigenvalue weighted by Crippen LogP contribution is 2.39. The smallest absolute Gasteiger partial charge is 0.224 e. The monoisotopic (exact) mass is 240 g/mol. The predicted octanol–water partition coefficient (Wildman–Crippen LogP) is 1.31. The Morgan fingerprint density at radius 2 is 1.71 bits per heavy atom. The summed E-state index contributed by atoms with van der Waals surface area (Å²) in [5.41, 5.74) is -0.224. The van der Waals surface area contributed by atoms with Crippen molar-refractivity contribution in [2.45, 2.75) is 46.6 Å². The van der Waals surface area contributed by atoms with Gasteiger partial charge in [0.15, 0.2) is 0 Å². The van der Waals surface area contributed by atoms with E-state index in [1.54, 1.807) is 0 Å². The summed E-state index contributed by atoms with van der Waals surface area (Å²) < 4.78 is 0. The summed E-state index contributed by atoms with van der Waals surface area (Å²) in [5.74, 6) is 0.229. The molecule has 0 aromatic rings. The van der Waals surface area contributed by atoms with Crippen molar-refractivity contribution in [1.29, 1.82) is 0 Å². The summed E-state index contributed by atoms with van der Waals surface area (Å²) in [6.45, 7) is 10.6. The van der Waals surface area contributed by atoms with E-state index in [0.717, 1.165) is 0 Å². The predicted molar refractivity (Wildman–Crippen MR) is 67.3 cm³/mol. The van der Waals surface area contributed by atoms with E-state index in [9.17, 15) is 9.59 Å². The van der Waals surface area contributed by atoms with Crippen LogP contribution in [0, 0.1) is 17.8 Å². The van der Waals surface area contributed by atoms with E-state index in [-0.39, 0.29) is 29.2 Å². The number of amides is 2. The Balaban J connectivity index is 2.33. The molecule has 2 N–H and O–H groups in total. The van der Waals surface area contributed by atoms with Crippen molar-refractivity contribution < 1.29 is 9.59 Å². The molecule has 0 radical (unpaired) electrons. The maximum absolute atomic E-state index is 11.8. The van der Waals surface area contributed by atoms with Gasteiger partial charge < -0.3 is 10.6 Å². The second-order valence-electron chi connectivity index (χ2n) is 6.33. The largest absolute Gasteiger partial charge is 0.356 e. The molecule has 1 aliphatic carbocycles. The molecule has 1 fully saturated rings. The molecule has 2 atom stereocenters. The lowest BCUT2D eigenvalue weighted by Crippen LogP contribution is -2.42. The number of carbonyl (C=O) groups is 2. The van der Waals surface area contributed by atoms with Crippen LogP contribution in [0.25, 0.3) is 0 Å². The van der Waals surface area contributed by atoms with Crippen molar-refractivity contribution in [3.63, 3.8) is 0 Å². The fraction of sp³-hybridized carbons (Fsp3) is 0.846. The van der Waals surface area contributed by atoms with Gasteiger partial charge in [-0.05, 0) is 33.1 Å². The fourth-order valence-corrected chi connectivity index (χ4v) is 1.67. The maximum atomic E-state index is 11.8. The lowest BCUT2D eigenvalue weighted by Gasteiger charge is -2.20. The molecule has 98 valence electrons. The summed E-state index contributed by atoms with van der Waals surface area (Å²) in [6.07, 6.45) is 0.686. The first-order chi connectivity index (χ1) is 7.70. The SMILES string of the molecule is CC(C)CNC(=O)C1CC1C(=O)NC(C)(C)C. The van der Waals surface area contributed by atoms with Crippen LogP contribution in [0.4, 0.5) is 0 Å². The van der Waals surface area contributed by atoms with Gasteiger partial charge in [0.25, 0.3) is 0 Å². The normalized spacial score (nSPS) is 23.4. The third-order valence-electron chi connectivity index (χ3n) is 2.65. The van der Waals surface area contributed by atoms with Crippen molar-refractivity contribution in [2.75, 3.05) is 6.54 Å². The fourth-order valence-electron chi connectivity index (χ4n) is 1.67. The van der Waals surface area contributed by atoms with E-state index in [4.69, 9.17) is 0 Å². The van der Waals surface area contributed by atoms with Gasteiger partial charge in [-0.3, -0.25) is 9.59 Å². The molecule has 0 aromatic heterocycles. The Kier molecular flexibility index (Phi) is 4.17. The summed E-state index contributed by atoms with van der Waals surface area (Å²) in [7, 11) is 0. The van der Waals surface area contributed by atoms with Gasteiger partial charge >= 0.3 is 0 Å². The van der Waals surface area contributed by atoms with Crippen molar-refractivity contribution in [3.05, 3.63) is 0 Å². The number of rotatable bonds is 4. The van der Waals surface area contributed by atoms with Gasteiger partial charge in [0.2, 0.25) is 11.8 Å². The third-order valence-corrected chi connectivity index (χ3v) is 2.65. The highest BCUT2D eigenvalue weighted by Gasteiger charge is 2.48. The van der Waals surface area contributed by atoms with Gasteiger partial charge in [-0.2, -0.15) is 0 Å². The first-order valence-electron chi connectivity index (χ1n) is 6.30. The van der Waals surface area contributed by atoms with Gasteiger partial charge in [-0.1, -0.05) is 13.8 Å². The molecule has 1 saturated carbocycles. The van der Waals surface area contributed by atoms with Crippen molar-refractivity contribution in [2.24, 2.45) is 17.8 Å². The first kappa shape index (κ1) is 14.0. The first-order valence-corrected chi connectivity index (χ1v) is 6.30. The molecule has 0 bridgehead atoms. The molecule has 0 aromatic carbocycles. The molecule has 0 aliphatic heterocycles. The molecular formula is C13H24N2O2. The van der Waals surface area contributed by atoms with Crippen LogP contribution >= 0.6 is 0 Å². The molecule has 0 saturated heterocycles. The lowest BCUT2D eigenvalue weighted by molar-refractivity contribution is -0.128. The van der Waals surface area contributed by atoms with Gasteiger partial charge in [-0.15, -0.1) is 0 Å². The molecular weight excluding hydrogens is 216 g/mol. The molecule has 1 rings (SSSR count). The van der Waals surface area contributed by atoms with Crippen LogP contribution in [-0.4, -0.2) is 23.9 Å². The van der Waals surface area contributed by atoms with E-state index >= 15 is 0 Å². The van der Waals surface area contributed by atoms with Crippen molar-refractivity contribution >= 4 is 11.8 Å². The summed E-state index contributed by atoms with van der Waals surface area (Å²) in [5, 5.41) is 5.78. The highest BCUT2D eigenvalue weighted by molar-refractivity contribution is 5.92. The summed E-state index contributed by atoms with van der Waals surface area (Å²) in [6, 6.07) is 0. The zero-order valence-electron chi connectivity index (χ0n) is 11.5. The molecule has 4 heteroatoms. The van der Waals surface area contributed by atoms with E-state index in [0.29, 0.717) is 18.9 Å². The van der Waals surface area contributed by atoms with Crippen molar-refractivity contribution in [1.82, 2.24) is 10.6 Å². The molecule has 4 nitrogen and oxygen atoms in total. The molecule has 0 heterocycles. The average Bonchev–Trinajstić information content (AvgIpc) is 2.90. The minimum Gasteiger partial charge on any atom is -0.356 e. The maximum Gasteiger partial charge on any atom is 0.224 e. The summed E-state index contributed by atoms with van der Waals surface area (Å²) in [4.78, 5) is 23.5. The molecule has 2 amide bonds. The second kappa shape index (κ2) is 5.07. The van der Waals surface area contributed by atoms with Gasteiger partial charge in [-0.25, -0.2) is 0 Å². The van der Waals surface area contributed by atoms with E-state index in [1.165, 1.54) is 0 Å². The number of hydrogen-bond acceptors (Lipinski definition) is 2. The van der Waals surface area contributed by atoms with E-state index in [2.05, 4.69) is 24.5 Å². The minimum atomic E-state index is -0.224. The standard InChI is InChI=1S/C13H24N2O2/c1-8(2)7-14-11(16)9-6-10(9)12(17)15-13(3,4)5/h8-10H,6-7H2,1-5H3,(H,14,16)(H,15,17). The molecule has 1 aliphatic rings. The summed E-state index contributed by atoms with van der Waals surface area (Å²) >= 11 is 0. The zero-order valence-corrected chi connectivity index (χ0v) is 11.5. The quantitative estimate of drug-likeness (QED) is 0.778. The van der Waals surface area contributed by atoms with Crippen LogP contribution in [-0.2, 0) is 9.59 Å². The van der Waals surface area contributed by atoms with Crippen LogP contribution < -0.4 is 10.6 Å². The van der Waals surface area contributed by atoms with E-state index < -0.39 is 0 Å². The Labute approximate surface area is 104 Å². The Hall–Kier alpha value is -1.06. The van der Waals surface area contributed by atoms with Crippen molar-refractivity contribution in [3.8, 4) is 0 Å². The third kappa shape index (κ3) is 4.75. The van der Waals surface area contributed by atoms with Gasteiger partial charge in [0.1, 0.15) is 0 Å².